The summed E-state index contributed by atoms with van der Waals surface area (Å²) in [5.74, 6) is 0. The first kappa shape index (κ1) is 10.0. The SMILES string of the molecule is CC(C)n1nc2ccc(Cl)cc2c1C#N. The van der Waals surface area contributed by atoms with Crippen LogP contribution in [0.15, 0.2) is 18.2 Å². The number of hydrogen-bond donors (Lipinski definition) is 0. The molecule has 3 nitrogen and oxygen atoms in total. The van der Waals surface area contributed by atoms with Crippen LogP contribution in [0.5, 0.6) is 0 Å². The summed E-state index contributed by atoms with van der Waals surface area (Å²) in [6.07, 6.45) is 0. The van der Waals surface area contributed by atoms with E-state index in [1.807, 2.05) is 19.9 Å². The lowest BCUT2D eigenvalue weighted by Crippen LogP contribution is -2.04. The van der Waals surface area contributed by atoms with E-state index in [1.54, 1.807) is 16.8 Å². The van der Waals surface area contributed by atoms with Gasteiger partial charge in [-0.05, 0) is 32.0 Å². The van der Waals surface area contributed by atoms with Crippen LogP contribution in [0.3, 0.4) is 0 Å². The summed E-state index contributed by atoms with van der Waals surface area (Å²) in [5, 5.41) is 14.9. The van der Waals surface area contributed by atoms with E-state index in [1.165, 1.54) is 0 Å². The number of rotatable bonds is 1. The Morgan fingerprint density at radius 3 is 2.80 bits per heavy atom. The van der Waals surface area contributed by atoms with Crippen molar-refractivity contribution in [2.75, 3.05) is 0 Å². The minimum Gasteiger partial charge on any atom is -0.251 e. The van der Waals surface area contributed by atoms with E-state index in [-0.39, 0.29) is 6.04 Å². The quantitative estimate of drug-likeness (QED) is 0.740. The van der Waals surface area contributed by atoms with E-state index in [0.717, 1.165) is 10.9 Å². The van der Waals surface area contributed by atoms with Crippen molar-refractivity contribution in [2.45, 2.75) is 19.9 Å². The van der Waals surface area contributed by atoms with E-state index < -0.39 is 0 Å². The monoisotopic (exact) mass is 219 g/mol. The average molecular weight is 220 g/mol. The van der Waals surface area contributed by atoms with Crippen LogP contribution in [0.25, 0.3) is 10.9 Å². The van der Waals surface area contributed by atoms with Crippen LogP contribution < -0.4 is 0 Å². The molecule has 76 valence electrons. The molecule has 0 atom stereocenters. The molecule has 0 saturated heterocycles. The fraction of sp³-hybridized carbons (Fsp3) is 0.273. The molecule has 15 heavy (non-hydrogen) atoms. The van der Waals surface area contributed by atoms with Crippen LogP contribution in [0.1, 0.15) is 25.6 Å². The maximum atomic E-state index is 9.09. The molecule has 0 aliphatic rings. The number of nitrogens with zero attached hydrogens (tertiary/aromatic N) is 3. The van der Waals surface area contributed by atoms with Crippen molar-refractivity contribution in [1.29, 1.82) is 5.26 Å². The van der Waals surface area contributed by atoms with E-state index in [2.05, 4.69) is 11.2 Å². The normalized spacial score (nSPS) is 10.9. The Kier molecular flexibility index (Phi) is 2.37. The fourth-order valence-corrected chi connectivity index (χ4v) is 1.73. The van der Waals surface area contributed by atoms with Gasteiger partial charge in [-0.2, -0.15) is 10.4 Å². The molecule has 0 saturated carbocycles. The minimum atomic E-state index is 0.172. The van der Waals surface area contributed by atoms with Crippen molar-refractivity contribution < 1.29 is 0 Å². The highest BCUT2D eigenvalue weighted by atomic mass is 35.5. The maximum Gasteiger partial charge on any atom is 0.146 e. The van der Waals surface area contributed by atoms with Gasteiger partial charge in [0.15, 0.2) is 0 Å². The molecule has 0 spiro atoms. The summed E-state index contributed by atoms with van der Waals surface area (Å²) in [7, 11) is 0. The number of hydrogen-bond acceptors (Lipinski definition) is 2. The van der Waals surface area contributed by atoms with E-state index in [4.69, 9.17) is 16.9 Å². The van der Waals surface area contributed by atoms with Gasteiger partial charge in [-0.15, -0.1) is 0 Å². The highest BCUT2D eigenvalue weighted by Gasteiger charge is 2.12. The maximum absolute atomic E-state index is 9.09. The third-order valence-corrected chi connectivity index (χ3v) is 2.49. The molecule has 0 bridgehead atoms. The van der Waals surface area contributed by atoms with Crippen molar-refractivity contribution in [3.63, 3.8) is 0 Å². The van der Waals surface area contributed by atoms with Crippen LogP contribution in [0, 0.1) is 11.3 Å². The first-order valence-corrected chi connectivity index (χ1v) is 5.09. The van der Waals surface area contributed by atoms with Gasteiger partial charge in [-0.1, -0.05) is 11.6 Å². The highest BCUT2D eigenvalue weighted by molar-refractivity contribution is 6.31. The van der Waals surface area contributed by atoms with Crippen LogP contribution in [0.2, 0.25) is 5.02 Å². The van der Waals surface area contributed by atoms with Crippen LogP contribution in [0.4, 0.5) is 0 Å². The molecule has 0 unspecified atom stereocenters. The van der Waals surface area contributed by atoms with Crippen molar-refractivity contribution in [3.8, 4) is 6.07 Å². The Labute approximate surface area is 92.9 Å². The average Bonchev–Trinajstić information content (AvgIpc) is 2.55. The first-order chi connectivity index (χ1) is 7.13. The summed E-state index contributed by atoms with van der Waals surface area (Å²) < 4.78 is 1.72. The zero-order chi connectivity index (χ0) is 11.0. The molecule has 2 aromatic rings. The third-order valence-electron chi connectivity index (χ3n) is 2.25. The Bertz CT molecular complexity index is 549. The molecule has 1 aromatic heterocycles. The zero-order valence-corrected chi connectivity index (χ0v) is 9.28. The molecule has 1 heterocycles. The summed E-state index contributed by atoms with van der Waals surface area (Å²) in [5.41, 5.74) is 1.38. The van der Waals surface area contributed by atoms with Crippen molar-refractivity contribution >= 4 is 22.5 Å². The standard InChI is InChI=1S/C11H10ClN3/c1-7(2)15-11(6-13)9-5-8(12)3-4-10(9)14-15/h3-5,7H,1-2H3. The van der Waals surface area contributed by atoms with Gasteiger partial charge in [0.1, 0.15) is 11.8 Å². The predicted octanol–water partition coefficient (Wildman–Crippen LogP) is 3.14. The predicted molar refractivity (Wildman–Crippen MR) is 59.8 cm³/mol. The van der Waals surface area contributed by atoms with E-state index in [9.17, 15) is 0 Å². The van der Waals surface area contributed by atoms with Crippen molar-refractivity contribution in [3.05, 3.63) is 28.9 Å². The van der Waals surface area contributed by atoms with E-state index >= 15 is 0 Å². The highest BCUT2D eigenvalue weighted by Crippen LogP contribution is 2.23. The smallest absolute Gasteiger partial charge is 0.146 e. The van der Waals surface area contributed by atoms with Gasteiger partial charge in [-0.25, -0.2) is 0 Å². The Morgan fingerprint density at radius 1 is 1.47 bits per heavy atom. The molecule has 4 heteroatoms. The van der Waals surface area contributed by atoms with Crippen molar-refractivity contribution in [2.24, 2.45) is 0 Å². The molecule has 0 amide bonds. The minimum absolute atomic E-state index is 0.172. The number of nitriles is 1. The molecular weight excluding hydrogens is 210 g/mol. The molecule has 2 rings (SSSR count). The number of benzene rings is 1. The largest absolute Gasteiger partial charge is 0.251 e. The first-order valence-electron chi connectivity index (χ1n) is 4.71. The topological polar surface area (TPSA) is 41.6 Å². The molecule has 1 aromatic carbocycles. The number of fused-ring (bicyclic) bond motifs is 1. The lowest BCUT2D eigenvalue weighted by Gasteiger charge is -2.05. The van der Waals surface area contributed by atoms with Gasteiger partial charge < -0.3 is 0 Å². The van der Waals surface area contributed by atoms with Crippen LogP contribution in [-0.4, -0.2) is 9.78 Å². The van der Waals surface area contributed by atoms with Crippen LogP contribution >= 0.6 is 11.6 Å². The zero-order valence-electron chi connectivity index (χ0n) is 8.53. The number of aromatic nitrogens is 2. The second kappa shape index (κ2) is 3.56. The molecule has 0 radical (unpaired) electrons. The van der Waals surface area contributed by atoms with Gasteiger partial charge in [0.25, 0.3) is 0 Å². The Morgan fingerprint density at radius 2 is 2.20 bits per heavy atom. The third kappa shape index (κ3) is 1.57. The van der Waals surface area contributed by atoms with Gasteiger partial charge in [-0.3, -0.25) is 4.68 Å². The fourth-order valence-electron chi connectivity index (χ4n) is 1.56. The lowest BCUT2D eigenvalue weighted by atomic mass is 10.2. The molecule has 0 aliphatic carbocycles. The lowest BCUT2D eigenvalue weighted by molar-refractivity contribution is 0.532. The molecular formula is C11H10ClN3. The molecule has 0 aliphatic heterocycles. The van der Waals surface area contributed by atoms with E-state index in [0.29, 0.717) is 10.7 Å². The summed E-state index contributed by atoms with van der Waals surface area (Å²) in [6, 6.07) is 7.73. The van der Waals surface area contributed by atoms with Crippen molar-refractivity contribution in [1.82, 2.24) is 9.78 Å². The second-order valence-corrected chi connectivity index (χ2v) is 4.10. The van der Waals surface area contributed by atoms with Gasteiger partial charge in [0.05, 0.1) is 5.52 Å². The summed E-state index contributed by atoms with van der Waals surface area (Å²) in [4.78, 5) is 0. The van der Waals surface area contributed by atoms with Gasteiger partial charge >= 0.3 is 0 Å². The Balaban J connectivity index is 2.81. The van der Waals surface area contributed by atoms with Crippen LogP contribution in [-0.2, 0) is 0 Å². The molecule has 0 fully saturated rings. The summed E-state index contributed by atoms with van der Waals surface area (Å²) >= 11 is 5.89. The van der Waals surface area contributed by atoms with Gasteiger partial charge in [0, 0.05) is 16.5 Å². The van der Waals surface area contributed by atoms with Gasteiger partial charge in [0.2, 0.25) is 0 Å². The number of halogens is 1. The summed E-state index contributed by atoms with van der Waals surface area (Å²) in [6.45, 7) is 3.99. The molecule has 0 N–H and O–H groups in total. The Hall–Kier alpha value is -1.53. The second-order valence-electron chi connectivity index (χ2n) is 3.66.